The van der Waals surface area contributed by atoms with Gasteiger partial charge in [-0.15, -0.1) is 11.3 Å². The minimum Gasteiger partial charge on any atom is -0.380 e. The predicted molar refractivity (Wildman–Crippen MR) is 105 cm³/mol. The standard InChI is InChI=1S/C19H25N3O3S/c1-4-25-12-15-6-5-9-22(15)19(24)20-14-7-8-16-13(10-14)11-17(26-16)18(23)21(2)3/h7-8,10-11,15H,4-6,9,12H2,1-3H3,(H,20,24). The second kappa shape index (κ2) is 8.05. The quantitative estimate of drug-likeness (QED) is 0.868. The van der Waals surface area contributed by atoms with Gasteiger partial charge in [-0.1, -0.05) is 0 Å². The van der Waals surface area contributed by atoms with Gasteiger partial charge in [-0.2, -0.15) is 0 Å². The highest BCUT2D eigenvalue weighted by Crippen LogP contribution is 2.29. The van der Waals surface area contributed by atoms with Crippen molar-refractivity contribution in [1.82, 2.24) is 9.80 Å². The number of ether oxygens (including phenoxy) is 1. The fourth-order valence-electron chi connectivity index (χ4n) is 3.17. The van der Waals surface area contributed by atoms with E-state index in [1.165, 1.54) is 11.3 Å². The third-order valence-corrected chi connectivity index (χ3v) is 5.64. The van der Waals surface area contributed by atoms with Gasteiger partial charge < -0.3 is 19.9 Å². The Morgan fingerprint density at radius 3 is 2.88 bits per heavy atom. The number of amides is 3. The topological polar surface area (TPSA) is 61.9 Å². The maximum absolute atomic E-state index is 12.6. The Morgan fingerprint density at radius 1 is 1.35 bits per heavy atom. The number of urea groups is 1. The molecule has 2 heterocycles. The molecule has 1 saturated heterocycles. The Kier molecular flexibility index (Phi) is 5.78. The monoisotopic (exact) mass is 375 g/mol. The van der Waals surface area contributed by atoms with E-state index < -0.39 is 0 Å². The van der Waals surface area contributed by atoms with Gasteiger partial charge in [0.2, 0.25) is 0 Å². The number of nitrogens with one attached hydrogen (secondary N) is 1. The molecule has 1 aliphatic heterocycles. The van der Waals surface area contributed by atoms with Crippen molar-refractivity contribution in [3.8, 4) is 0 Å². The summed E-state index contributed by atoms with van der Waals surface area (Å²) in [5, 5.41) is 3.95. The summed E-state index contributed by atoms with van der Waals surface area (Å²) >= 11 is 1.47. The maximum atomic E-state index is 12.6. The fraction of sp³-hybridized carbons (Fsp3) is 0.474. The van der Waals surface area contributed by atoms with Crippen molar-refractivity contribution in [3.63, 3.8) is 0 Å². The molecule has 0 spiro atoms. The predicted octanol–water partition coefficient (Wildman–Crippen LogP) is 3.64. The molecular weight excluding hydrogens is 350 g/mol. The first kappa shape index (κ1) is 18.7. The number of hydrogen-bond acceptors (Lipinski definition) is 4. The molecule has 1 atom stereocenters. The van der Waals surface area contributed by atoms with Gasteiger partial charge in [0.05, 0.1) is 17.5 Å². The number of fused-ring (bicyclic) bond motifs is 1. The van der Waals surface area contributed by atoms with Crippen molar-refractivity contribution >= 4 is 39.0 Å². The Labute approximate surface area is 157 Å². The van der Waals surface area contributed by atoms with Crippen LogP contribution in [-0.4, -0.2) is 61.6 Å². The highest BCUT2D eigenvalue weighted by molar-refractivity contribution is 7.20. The minimum atomic E-state index is -0.0913. The number of carbonyl (C=O) groups excluding carboxylic acids is 2. The van der Waals surface area contributed by atoms with E-state index >= 15 is 0 Å². The van der Waals surface area contributed by atoms with Gasteiger partial charge in [0.25, 0.3) is 5.91 Å². The SMILES string of the molecule is CCOCC1CCCN1C(=O)Nc1ccc2sc(C(=O)N(C)C)cc2c1. The average molecular weight is 375 g/mol. The molecule has 26 heavy (non-hydrogen) atoms. The van der Waals surface area contributed by atoms with Crippen LogP contribution in [0.5, 0.6) is 0 Å². The van der Waals surface area contributed by atoms with Gasteiger partial charge in [0.1, 0.15) is 0 Å². The number of hydrogen-bond donors (Lipinski definition) is 1. The van der Waals surface area contributed by atoms with Crippen molar-refractivity contribution < 1.29 is 14.3 Å². The zero-order valence-corrected chi connectivity index (χ0v) is 16.3. The third-order valence-electron chi connectivity index (χ3n) is 4.54. The summed E-state index contributed by atoms with van der Waals surface area (Å²) in [5.41, 5.74) is 0.742. The van der Waals surface area contributed by atoms with E-state index in [9.17, 15) is 9.59 Å². The Morgan fingerprint density at radius 2 is 2.15 bits per heavy atom. The van der Waals surface area contributed by atoms with Crippen LogP contribution in [0.4, 0.5) is 10.5 Å². The van der Waals surface area contributed by atoms with Crippen LogP contribution in [0.1, 0.15) is 29.4 Å². The van der Waals surface area contributed by atoms with Gasteiger partial charge in [0.15, 0.2) is 0 Å². The number of likely N-dealkylation sites (tertiary alicyclic amines) is 1. The Bertz CT molecular complexity index is 802. The van der Waals surface area contributed by atoms with Crippen molar-refractivity contribution in [2.24, 2.45) is 0 Å². The largest absolute Gasteiger partial charge is 0.380 e. The molecule has 1 aromatic carbocycles. The van der Waals surface area contributed by atoms with Crippen LogP contribution in [0, 0.1) is 0 Å². The number of anilines is 1. The first-order valence-electron chi connectivity index (χ1n) is 8.90. The van der Waals surface area contributed by atoms with Crippen molar-refractivity contribution in [2.45, 2.75) is 25.8 Å². The summed E-state index contributed by atoms with van der Waals surface area (Å²) in [6.45, 7) is 3.97. The lowest BCUT2D eigenvalue weighted by Crippen LogP contribution is -2.41. The number of nitrogens with zero attached hydrogens (tertiary/aromatic N) is 2. The van der Waals surface area contributed by atoms with Crippen LogP contribution in [0.2, 0.25) is 0 Å². The molecule has 2 aromatic rings. The second-order valence-corrected chi connectivity index (χ2v) is 7.73. The third kappa shape index (κ3) is 3.99. The molecule has 7 heteroatoms. The number of rotatable bonds is 5. The number of benzene rings is 1. The average Bonchev–Trinajstić information content (AvgIpc) is 3.25. The van der Waals surface area contributed by atoms with Gasteiger partial charge in [-0.3, -0.25) is 4.79 Å². The Balaban J connectivity index is 1.72. The lowest BCUT2D eigenvalue weighted by atomic mass is 10.2. The molecule has 6 nitrogen and oxygen atoms in total. The molecule has 3 rings (SSSR count). The molecule has 0 bridgehead atoms. The summed E-state index contributed by atoms with van der Waals surface area (Å²) in [6.07, 6.45) is 1.98. The van der Waals surface area contributed by atoms with Crippen molar-refractivity contribution in [1.29, 1.82) is 0 Å². The molecule has 1 unspecified atom stereocenters. The summed E-state index contributed by atoms with van der Waals surface area (Å²) in [7, 11) is 3.49. The first-order valence-corrected chi connectivity index (χ1v) is 9.72. The summed E-state index contributed by atoms with van der Waals surface area (Å²) in [6, 6.07) is 7.68. The number of carbonyl (C=O) groups is 2. The van der Waals surface area contributed by atoms with Gasteiger partial charge >= 0.3 is 6.03 Å². The summed E-state index contributed by atoms with van der Waals surface area (Å²) < 4.78 is 6.53. The lowest BCUT2D eigenvalue weighted by Gasteiger charge is -2.24. The van der Waals surface area contributed by atoms with E-state index in [-0.39, 0.29) is 18.0 Å². The highest BCUT2D eigenvalue weighted by atomic mass is 32.1. The van der Waals surface area contributed by atoms with E-state index in [0.717, 1.165) is 35.2 Å². The second-order valence-electron chi connectivity index (χ2n) is 6.64. The van der Waals surface area contributed by atoms with Gasteiger partial charge in [-0.25, -0.2) is 4.79 Å². The smallest absolute Gasteiger partial charge is 0.322 e. The van der Waals surface area contributed by atoms with E-state index in [1.807, 2.05) is 36.1 Å². The van der Waals surface area contributed by atoms with Crippen LogP contribution in [0.3, 0.4) is 0 Å². The maximum Gasteiger partial charge on any atom is 0.322 e. The fourth-order valence-corrected chi connectivity index (χ4v) is 4.24. The Hall–Kier alpha value is -2.12. The van der Waals surface area contributed by atoms with E-state index in [4.69, 9.17) is 4.74 Å². The van der Waals surface area contributed by atoms with E-state index in [2.05, 4.69) is 5.32 Å². The van der Waals surface area contributed by atoms with Crippen molar-refractivity contribution in [3.05, 3.63) is 29.1 Å². The van der Waals surface area contributed by atoms with Crippen LogP contribution in [0.25, 0.3) is 10.1 Å². The van der Waals surface area contributed by atoms with Crippen LogP contribution in [0.15, 0.2) is 24.3 Å². The molecule has 0 saturated carbocycles. The molecule has 0 radical (unpaired) electrons. The van der Waals surface area contributed by atoms with Crippen LogP contribution in [-0.2, 0) is 4.74 Å². The van der Waals surface area contributed by atoms with Gasteiger partial charge in [-0.05, 0) is 49.4 Å². The summed E-state index contributed by atoms with van der Waals surface area (Å²) in [5.74, 6) is -0.00683. The van der Waals surface area contributed by atoms with E-state index in [0.29, 0.717) is 18.1 Å². The summed E-state index contributed by atoms with van der Waals surface area (Å²) in [4.78, 5) is 28.9. The van der Waals surface area contributed by atoms with Crippen LogP contribution < -0.4 is 5.32 Å². The zero-order valence-electron chi connectivity index (χ0n) is 15.4. The molecule has 1 N–H and O–H groups in total. The van der Waals surface area contributed by atoms with E-state index in [1.54, 1.807) is 19.0 Å². The first-order chi connectivity index (χ1) is 12.5. The van der Waals surface area contributed by atoms with Gasteiger partial charge in [0, 0.05) is 37.6 Å². The molecular formula is C19H25N3O3S. The normalized spacial score (nSPS) is 16.9. The van der Waals surface area contributed by atoms with Crippen LogP contribution >= 0.6 is 11.3 Å². The molecule has 1 aromatic heterocycles. The van der Waals surface area contributed by atoms with Crippen molar-refractivity contribution in [2.75, 3.05) is 39.2 Å². The lowest BCUT2D eigenvalue weighted by molar-refractivity contribution is 0.0832. The zero-order chi connectivity index (χ0) is 18.7. The molecule has 140 valence electrons. The highest BCUT2D eigenvalue weighted by Gasteiger charge is 2.28. The molecule has 1 aliphatic rings. The molecule has 1 fully saturated rings. The number of thiophene rings is 1. The minimum absolute atomic E-state index is 0.00683. The molecule has 3 amide bonds. The molecule has 0 aliphatic carbocycles.